The highest BCUT2D eigenvalue weighted by atomic mass is 79.9. The largest absolute Gasteiger partial charge is 0.399 e. The van der Waals surface area contributed by atoms with E-state index in [0.29, 0.717) is 22.1 Å². The van der Waals surface area contributed by atoms with Crippen LogP contribution in [0.25, 0.3) is 0 Å². The molecule has 1 unspecified atom stereocenters. The first-order valence-electron chi connectivity index (χ1n) is 5.90. The number of hydrogen-bond acceptors (Lipinski definition) is 3. The molecule has 1 rings (SSSR count). The number of nitrogens with two attached hydrogens (primary N) is 1. The highest BCUT2D eigenvalue weighted by Gasteiger charge is 2.25. The van der Waals surface area contributed by atoms with E-state index in [-0.39, 0.29) is 12.5 Å². The molecule has 0 radical (unpaired) electrons. The number of amides is 1. The lowest BCUT2D eigenvalue weighted by Crippen LogP contribution is -2.46. The van der Waals surface area contributed by atoms with E-state index in [1.165, 1.54) is 0 Å². The second-order valence-electron chi connectivity index (χ2n) is 4.58. The molecule has 0 spiro atoms. The van der Waals surface area contributed by atoms with E-state index in [2.05, 4.69) is 21.2 Å². The van der Waals surface area contributed by atoms with E-state index in [1.807, 2.05) is 13.8 Å². The van der Waals surface area contributed by atoms with Crippen LogP contribution in [0.15, 0.2) is 22.7 Å². The van der Waals surface area contributed by atoms with Crippen molar-refractivity contribution < 1.29 is 9.90 Å². The number of nitrogens with one attached hydrogen (secondary N) is 1. The van der Waals surface area contributed by atoms with Gasteiger partial charge in [0, 0.05) is 22.3 Å². The highest BCUT2D eigenvalue weighted by molar-refractivity contribution is 9.10. The molecule has 18 heavy (non-hydrogen) atoms. The zero-order valence-electron chi connectivity index (χ0n) is 10.7. The summed E-state index contributed by atoms with van der Waals surface area (Å²) >= 11 is 3.33. The summed E-state index contributed by atoms with van der Waals surface area (Å²) in [6.45, 7) is 3.94. The van der Waals surface area contributed by atoms with E-state index >= 15 is 0 Å². The lowest BCUT2D eigenvalue weighted by Gasteiger charge is -2.29. The molecule has 0 fully saturated rings. The Morgan fingerprint density at radius 3 is 2.78 bits per heavy atom. The van der Waals surface area contributed by atoms with Gasteiger partial charge in [0.2, 0.25) is 0 Å². The molecule has 0 bridgehead atoms. The van der Waals surface area contributed by atoms with E-state index in [1.54, 1.807) is 18.2 Å². The van der Waals surface area contributed by atoms with Crippen molar-refractivity contribution in [2.45, 2.75) is 32.2 Å². The van der Waals surface area contributed by atoms with Gasteiger partial charge in [-0.15, -0.1) is 0 Å². The Hall–Kier alpha value is -1.07. The summed E-state index contributed by atoms with van der Waals surface area (Å²) in [6, 6.07) is 5.11. The second kappa shape index (κ2) is 6.20. The predicted molar refractivity (Wildman–Crippen MR) is 76.4 cm³/mol. The number of rotatable bonds is 5. The molecule has 0 aliphatic carbocycles. The molecule has 100 valence electrons. The molecule has 1 atom stereocenters. The van der Waals surface area contributed by atoms with Crippen molar-refractivity contribution in [1.29, 1.82) is 0 Å². The van der Waals surface area contributed by atoms with Crippen LogP contribution in [0.1, 0.15) is 37.0 Å². The van der Waals surface area contributed by atoms with Crippen molar-refractivity contribution in [1.82, 2.24) is 5.32 Å². The monoisotopic (exact) mass is 314 g/mol. The summed E-state index contributed by atoms with van der Waals surface area (Å²) in [4.78, 5) is 12.2. The third-order valence-electron chi connectivity index (χ3n) is 3.09. The van der Waals surface area contributed by atoms with Gasteiger partial charge in [-0.2, -0.15) is 0 Å². The maximum atomic E-state index is 12.2. The van der Waals surface area contributed by atoms with Crippen LogP contribution in [0.3, 0.4) is 0 Å². The Balaban J connectivity index is 2.90. The smallest absolute Gasteiger partial charge is 0.252 e. The second-order valence-corrected chi connectivity index (χ2v) is 5.44. The van der Waals surface area contributed by atoms with Gasteiger partial charge in [0.25, 0.3) is 5.91 Å². The maximum absolute atomic E-state index is 12.2. The third-order valence-corrected chi connectivity index (χ3v) is 3.79. The zero-order chi connectivity index (χ0) is 13.8. The van der Waals surface area contributed by atoms with E-state index < -0.39 is 5.54 Å². The van der Waals surface area contributed by atoms with Crippen LogP contribution >= 0.6 is 15.9 Å². The van der Waals surface area contributed by atoms with E-state index in [4.69, 9.17) is 10.8 Å². The molecule has 1 amide bonds. The van der Waals surface area contributed by atoms with Crippen LogP contribution in [-0.2, 0) is 0 Å². The van der Waals surface area contributed by atoms with Gasteiger partial charge in [0.05, 0.1) is 5.56 Å². The first-order valence-corrected chi connectivity index (χ1v) is 6.69. The fraction of sp³-hybridized carbons (Fsp3) is 0.462. The summed E-state index contributed by atoms with van der Waals surface area (Å²) in [5.41, 5.74) is 6.32. The first kappa shape index (κ1) is 15.0. The highest BCUT2D eigenvalue weighted by Crippen LogP contribution is 2.21. The lowest BCUT2D eigenvalue weighted by atomic mass is 9.94. The normalized spacial score (nSPS) is 14.0. The van der Waals surface area contributed by atoms with Gasteiger partial charge in [-0.25, -0.2) is 0 Å². The first-order chi connectivity index (χ1) is 8.41. The number of anilines is 1. The number of halogens is 1. The van der Waals surface area contributed by atoms with Crippen LogP contribution in [0.4, 0.5) is 5.69 Å². The fourth-order valence-electron chi connectivity index (χ4n) is 1.63. The van der Waals surface area contributed by atoms with Crippen molar-refractivity contribution in [3.63, 3.8) is 0 Å². The molecule has 0 saturated carbocycles. The quantitative estimate of drug-likeness (QED) is 0.730. The van der Waals surface area contributed by atoms with Crippen LogP contribution in [0, 0.1) is 0 Å². The van der Waals surface area contributed by atoms with Crippen LogP contribution in [0.2, 0.25) is 0 Å². The molecule has 5 heteroatoms. The fourth-order valence-corrected chi connectivity index (χ4v) is 2.06. The Morgan fingerprint density at radius 1 is 1.56 bits per heavy atom. The average Bonchev–Trinajstić information content (AvgIpc) is 2.32. The third kappa shape index (κ3) is 3.71. The summed E-state index contributed by atoms with van der Waals surface area (Å²) in [5.74, 6) is -0.188. The minimum atomic E-state index is -0.407. The summed E-state index contributed by atoms with van der Waals surface area (Å²) in [7, 11) is 0. The summed E-state index contributed by atoms with van der Waals surface area (Å²) in [5, 5.41) is 12.0. The van der Waals surface area contributed by atoms with Crippen molar-refractivity contribution >= 4 is 27.5 Å². The van der Waals surface area contributed by atoms with Crippen LogP contribution in [0.5, 0.6) is 0 Å². The summed E-state index contributed by atoms with van der Waals surface area (Å²) in [6.07, 6.45) is 1.27. The van der Waals surface area contributed by atoms with E-state index in [0.717, 1.165) is 6.42 Å². The molecule has 0 aromatic heterocycles. The molecular weight excluding hydrogens is 296 g/mol. The van der Waals surface area contributed by atoms with Gasteiger partial charge in [0.15, 0.2) is 0 Å². The van der Waals surface area contributed by atoms with Gasteiger partial charge in [-0.3, -0.25) is 4.79 Å². The van der Waals surface area contributed by atoms with E-state index in [9.17, 15) is 4.79 Å². The van der Waals surface area contributed by atoms with Crippen LogP contribution < -0.4 is 11.1 Å². The standard InChI is InChI=1S/C13H19BrN2O2/c1-3-13(2,6-7-17)16-12(18)10-8-9(15)4-5-11(10)14/h4-5,8,17H,3,6-7,15H2,1-2H3,(H,16,18). The molecule has 1 aromatic rings. The van der Waals surface area contributed by atoms with Gasteiger partial charge in [0.1, 0.15) is 0 Å². The molecule has 0 saturated heterocycles. The topological polar surface area (TPSA) is 75.3 Å². The Labute approximate surface area is 116 Å². The van der Waals surface area contributed by atoms with Crippen LogP contribution in [-0.4, -0.2) is 23.2 Å². The van der Waals surface area contributed by atoms with Gasteiger partial charge in [-0.1, -0.05) is 6.92 Å². The molecule has 4 nitrogen and oxygen atoms in total. The molecule has 0 aliphatic rings. The number of aliphatic hydroxyl groups is 1. The summed E-state index contributed by atoms with van der Waals surface area (Å²) < 4.78 is 0.705. The Morgan fingerprint density at radius 2 is 2.22 bits per heavy atom. The Bertz CT molecular complexity index is 437. The van der Waals surface area contributed by atoms with Crippen molar-refractivity contribution in [2.24, 2.45) is 0 Å². The molecule has 4 N–H and O–H groups in total. The zero-order valence-corrected chi connectivity index (χ0v) is 12.3. The molecule has 0 heterocycles. The number of hydrogen-bond donors (Lipinski definition) is 3. The van der Waals surface area contributed by atoms with Crippen molar-refractivity contribution in [3.8, 4) is 0 Å². The van der Waals surface area contributed by atoms with Gasteiger partial charge < -0.3 is 16.2 Å². The van der Waals surface area contributed by atoms with Gasteiger partial charge in [-0.05, 0) is 53.9 Å². The van der Waals surface area contributed by atoms with Gasteiger partial charge >= 0.3 is 0 Å². The minimum absolute atomic E-state index is 0.0444. The van der Waals surface area contributed by atoms with Crippen molar-refractivity contribution in [3.05, 3.63) is 28.2 Å². The number of carbonyl (C=O) groups is 1. The van der Waals surface area contributed by atoms with Crippen molar-refractivity contribution in [2.75, 3.05) is 12.3 Å². The average molecular weight is 315 g/mol. The molecular formula is C13H19BrN2O2. The lowest BCUT2D eigenvalue weighted by molar-refractivity contribution is 0.0885. The molecule has 0 aliphatic heterocycles. The maximum Gasteiger partial charge on any atom is 0.252 e. The predicted octanol–water partition coefficient (Wildman–Crippen LogP) is 2.31. The number of aliphatic hydroxyl groups excluding tert-OH is 1. The number of benzene rings is 1. The number of carbonyl (C=O) groups excluding carboxylic acids is 1. The molecule has 1 aromatic carbocycles. The minimum Gasteiger partial charge on any atom is -0.399 e. The SMILES string of the molecule is CCC(C)(CCO)NC(=O)c1cc(N)ccc1Br. The number of nitrogen functional groups attached to an aromatic ring is 1. The Kier molecular flexibility index (Phi) is 5.16.